The Hall–Kier alpha value is -3.28. The number of imide groups is 1. The maximum Gasteiger partial charge on any atom is 0.248 e. The summed E-state index contributed by atoms with van der Waals surface area (Å²) in [7, 11) is 0. The number of carbonyl (C=O) groups excluding carboxylic acids is 3. The summed E-state index contributed by atoms with van der Waals surface area (Å²) in [5.41, 5.74) is 1.94. The Kier molecular flexibility index (Phi) is 4.99. The van der Waals surface area contributed by atoms with Crippen molar-refractivity contribution in [2.75, 3.05) is 10.2 Å². The van der Waals surface area contributed by atoms with E-state index in [1.54, 1.807) is 48.8 Å². The van der Waals surface area contributed by atoms with Crippen molar-refractivity contribution in [3.05, 3.63) is 60.4 Å². The van der Waals surface area contributed by atoms with E-state index in [9.17, 15) is 14.4 Å². The maximum absolute atomic E-state index is 11.9. The molecule has 0 spiro atoms. The van der Waals surface area contributed by atoms with Crippen LogP contribution in [0, 0.1) is 0 Å². The Morgan fingerprint density at radius 3 is 2.44 bits per heavy atom. The molecule has 126 valence electrons. The molecule has 0 unspecified atom stereocenters. The second kappa shape index (κ2) is 7.53. The molecule has 1 aromatic carbocycles. The fraction of sp³-hybridized carbons (Fsp3) is 0.158. The van der Waals surface area contributed by atoms with Gasteiger partial charge in [-0.05, 0) is 48.4 Å². The van der Waals surface area contributed by atoms with Crippen molar-refractivity contribution in [1.82, 2.24) is 4.98 Å². The largest absolute Gasteiger partial charge is 0.323 e. The molecule has 1 aliphatic rings. The Labute approximate surface area is 145 Å². The monoisotopic (exact) mass is 335 g/mol. The molecule has 1 fully saturated rings. The van der Waals surface area contributed by atoms with E-state index in [0.717, 1.165) is 5.56 Å². The van der Waals surface area contributed by atoms with Gasteiger partial charge in [0.25, 0.3) is 0 Å². The van der Waals surface area contributed by atoms with Crippen LogP contribution in [0.2, 0.25) is 0 Å². The van der Waals surface area contributed by atoms with E-state index in [4.69, 9.17) is 0 Å². The van der Waals surface area contributed by atoms with Gasteiger partial charge in [-0.1, -0.05) is 6.07 Å². The first kappa shape index (κ1) is 16.6. The number of carbonyl (C=O) groups is 3. The van der Waals surface area contributed by atoms with Crippen molar-refractivity contribution in [1.29, 1.82) is 0 Å². The molecule has 6 nitrogen and oxygen atoms in total. The van der Waals surface area contributed by atoms with Crippen LogP contribution in [0.25, 0.3) is 6.08 Å². The van der Waals surface area contributed by atoms with E-state index in [0.29, 0.717) is 30.6 Å². The zero-order valence-corrected chi connectivity index (χ0v) is 13.5. The average Bonchev–Trinajstić information content (AvgIpc) is 2.62. The zero-order valence-electron chi connectivity index (χ0n) is 13.5. The number of aromatic nitrogens is 1. The quantitative estimate of drug-likeness (QED) is 0.688. The first-order chi connectivity index (χ1) is 12.1. The molecule has 1 N–H and O–H groups in total. The number of benzene rings is 1. The second-order valence-corrected chi connectivity index (χ2v) is 5.63. The number of nitrogens with one attached hydrogen (secondary N) is 1. The van der Waals surface area contributed by atoms with Crippen LogP contribution in [0.5, 0.6) is 0 Å². The summed E-state index contributed by atoms with van der Waals surface area (Å²) in [6.07, 6.45) is 7.77. The molecule has 1 aromatic heterocycles. The van der Waals surface area contributed by atoms with Crippen molar-refractivity contribution >= 4 is 35.2 Å². The molecule has 2 aromatic rings. The van der Waals surface area contributed by atoms with Crippen LogP contribution >= 0.6 is 0 Å². The van der Waals surface area contributed by atoms with E-state index < -0.39 is 0 Å². The Morgan fingerprint density at radius 2 is 1.80 bits per heavy atom. The van der Waals surface area contributed by atoms with E-state index in [1.807, 2.05) is 6.07 Å². The van der Waals surface area contributed by atoms with E-state index in [-0.39, 0.29) is 17.7 Å². The van der Waals surface area contributed by atoms with Crippen LogP contribution < -0.4 is 10.2 Å². The fourth-order valence-electron chi connectivity index (χ4n) is 2.57. The number of piperidine rings is 1. The van der Waals surface area contributed by atoms with Gasteiger partial charge in [-0.3, -0.25) is 24.3 Å². The minimum atomic E-state index is -0.276. The third kappa shape index (κ3) is 4.17. The molecular weight excluding hydrogens is 318 g/mol. The lowest BCUT2D eigenvalue weighted by molar-refractivity contribution is -0.129. The second-order valence-electron chi connectivity index (χ2n) is 5.63. The molecule has 0 bridgehead atoms. The summed E-state index contributed by atoms with van der Waals surface area (Å²) in [4.78, 5) is 40.9. The normalized spacial score (nSPS) is 14.8. The predicted molar refractivity (Wildman–Crippen MR) is 94.7 cm³/mol. The van der Waals surface area contributed by atoms with Gasteiger partial charge in [0.15, 0.2) is 0 Å². The summed E-state index contributed by atoms with van der Waals surface area (Å²) in [6, 6.07) is 10.3. The highest BCUT2D eigenvalue weighted by Gasteiger charge is 2.27. The third-order valence-corrected chi connectivity index (χ3v) is 3.78. The van der Waals surface area contributed by atoms with Gasteiger partial charge < -0.3 is 5.32 Å². The highest BCUT2D eigenvalue weighted by Crippen LogP contribution is 2.23. The molecule has 6 heteroatoms. The Balaban J connectivity index is 1.64. The summed E-state index contributed by atoms with van der Waals surface area (Å²) < 4.78 is 0. The van der Waals surface area contributed by atoms with Gasteiger partial charge in [-0.25, -0.2) is 0 Å². The van der Waals surface area contributed by atoms with E-state index >= 15 is 0 Å². The topological polar surface area (TPSA) is 79.4 Å². The van der Waals surface area contributed by atoms with Gasteiger partial charge in [0.2, 0.25) is 17.7 Å². The van der Waals surface area contributed by atoms with E-state index in [2.05, 4.69) is 10.3 Å². The van der Waals surface area contributed by atoms with Gasteiger partial charge in [-0.15, -0.1) is 0 Å². The Morgan fingerprint density at radius 1 is 1.08 bits per heavy atom. The summed E-state index contributed by atoms with van der Waals surface area (Å²) >= 11 is 0. The number of pyridine rings is 1. The number of rotatable bonds is 4. The lowest BCUT2D eigenvalue weighted by Crippen LogP contribution is -2.40. The smallest absolute Gasteiger partial charge is 0.248 e. The molecule has 2 heterocycles. The van der Waals surface area contributed by atoms with Crippen molar-refractivity contribution < 1.29 is 14.4 Å². The first-order valence-corrected chi connectivity index (χ1v) is 7.98. The van der Waals surface area contributed by atoms with Crippen LogP contribution in [-0.2, 0) is 14.4 Å². The lowest BCUT2D eigenvalue weighted by atomic mass is 10.1. The predicted octanol–water partition coefficient (Wildman–Crippen LogP) is 2.78. The molecule has 1 aliphatic heterocycles. The van der Waals surface area contributed by atoms with Crippen molar-refractivity contribution in [2.45, 2.75) is 19.3 Å². The molecule has 25 heavy (non-hydrogen) atoms. The minimum Gasteiger partial charge on any atom is -0.323 e. The number of hydrogen-bond donors (Lipinski definition) is 1. The van der Waals surface area contributed by atoms with Gasteiger partial charge in [0.1, 0.15) is 0 Å². The molecule has 1 saturated heterocycles. The fourth-order valence-corrected chi connectivity index (χ4v) is 2.57. The molecule has 3 amide bonds. The maximum atomic E-state index is 11.9. The minimum absolute atomic E-state index is 0.188. The highest BCUT2D eigenvalue weighted by molar-refractivity contribution is 6.16. The van der Waals surface area contributed by atoms with Crippen LogP contribution in [0.1, 0.15) is 24.8 Å². The van der Waals surface area contributed by atoms with E-state index in [1.165, 1.54) is 11.0 Å². The molecule has 0 radical (unpaired) electrons. The zero-order chi connectivity index (χ0) is 17.6. The van der Waals surface area contributed by atoms with Crippen molar-refractivity contribution in [3.8, 4) is 0 Å². The number of hydrogen-bond acceptors (Lipinski definition) is 4. The van der Waals surface area contributed by atoms with Crippen molar-refractivity contribution in [2.24, 2.45) is 0 Å². The lowest BCUT2D eigenvalue weighted by Gasteiger charge is -2.24. The third-order valence-electron chi connectivity index (χ3n) is 3.78. The standard InChI is InChI=1S/C19H17N3O3/c23-17(11-6-14-3-2-12-20-13-14)21-15-7-9-16(10-8-15)22-18(24)4-1-5-19(22)25/h2-3,6-13H,1,4-5H2,(H,21,23). The Bertz CT molecular complexity index is 798. The van der Waals surface area contributed by atoms with Gasteiger partial charge in [-0.2, -0.15) is 0 Å². The van der Waals surface area contributed by atoms with Crippen LogP contribution in [0.3, 0.4) is 0 Å². The van der Waals surface area contributed by atoms with Crippen LogP contribution in [0.15, 0.2) is 54.9 Å². The van der Waals surface area contributed by atoms with Gasteiger partial charge in [0, 0.05) is 37.0 Å². The molecule has 3 rings (SSSR count). The van der Waals surface area contributed by atoms with Gasteiger partial charge >= 0.3 is 0 Å². The summed E-state index contributed by atoms with van der Waals surface area (Å²) in [6.45, 7) is 0. The van der Waals surface area contributed by atoms with Crippen molar-refractivity contribution in [3.63, 3.8) is 0 Å². The molecular formula is C19H17N3O3. The average molecular weight is 335 g/mol. The van der Waals surface area contributed by atoms with Crippen LogP contribution in [-0.4, -0.2) is 22.7 Å². The number of amides is 3. The molecule has 0 saturated carbocycles. The first-order valence-electron chi connectivity index (χ1n) is 7.98. The van der Waals surface area contributed by atoms with Crippen LogP contribution in [0.4, 0.5) is 11.4 Å². The summed E-state index contributed by atoms with van der Waals surface area (Å²) in [5, 5.41) is 2.73. The molecule has 0 aliphatic carbocycles. The number of nitrogens with zero attached hydrogens (tertiary/aromatic N) is 2. The van der Waals surface area contributed by atoms with Gasteiger partial charge in [0.05, 0.1) is 5.69 Å². The molecule has 0 atom stereocenters. The summed E-state index contributed by atoms with van der Waals surface area (Å²) in [5.74, 6) is -0.651. The SMILES string of the molecule is O=C(C=Cc1cccnc1)Nc1ccc(N2C(=O)CCCC2=O)cc1. The number of anilines is 2. The highest BCUT2D eigenvalue weighted by atomic mass is 16.2.